The maximum atomic E-state index is 13.1. The van der Waals surface area contributed by atoms with Gasteiger partial charge in [0.15, 0.2) is 11.6 Å². The molecule has 1 N–H and O–H groups in total. The van der Waals surface area contributed by atoms with E-state index < -0.39 is 5.82 Å². The Labute approximate surface area is 95.3 Å². The van der Waals surface area contributed by atoms with Crippen LogP contribution < -0.4 is 0 Å². The molecule has 2 aromatic rings. The van der Waals surface area contributed by atoms with E-state index in [0.717, 1.165) is 15.6 Å². The van der Waals surface area contributed by atoms with Crippen molar-refractivity contribution in [1.29, 1.82) is 0 Å². The zero-order chi connectivity index (χ0) is 10.8. The fourth-order valence-electron chi connectivity index (χ4n) is 1.37. The van der Waals surface area contributed by atoms with E-state index in [1.807, 2.05) is 24.3 Å². The van der Waals surface area contributed by atoms with Gasteiger partial charge >= 0.3 is 0 Å². The van der Waals surface area contributed by atoms with Crippen LogP contribution in [0.15, 0.2) is 46.9 Å². The Morgan fingerprint density at radius 3 is 2.47 bits per heavy atom. The molecule has 0 saturated heterocycles. The first kappa shape index (κ1) is 10.2. The first-order valence-electron chi connectivity index (χ1n) is 4.42. The molecule has 0 aromatic heterocycles. The van der Waals surface area contributed by atoms with Gasteiger partial charge in [0.05, 0.1) is 0 Å². The molecule has 0 saturated carbocycles. The van der Waals surface area contributed by atoms with E-state index in [9.17, 15) is 4.39 Å². The van der Waals surface area contributed by atoms with E-state index in [1.54, 1.807) is 6.07 Å². The number of halogens is 2. The van der Waals surface area contributed by atoms with E-state index in [1.165, 1.54) is 12.1 Å². The Bertz CT molecular complexity index is 497. The van der Waals surface area contributed by atoms with Crippen molar-refractivity contribution in [3.8, 4) is 16.9 Å². The Kier molecular flexibility index (Phi) is 2.73. The van der Waals surface area contributed by atoms with Crippen LogP contribution in [0, 0.1) is 5.82 Å². The minimum absolute atomic E-state index is 0.328. The van der Waals surface area contributed by atoms with E-state index in [4.69, 9.17) is 5.11 Å². The summed E-state index contributed by atoms with van der Waals surface area (Å²) < 4.78 is 14.0. The quantitative estimate of drug-likeness (QED) is 0.829. The smallest absolute Gasteiger partial charge is 0.165 e. The van der Waals surface area contributed by atoms with Crippen LogP contribution in [-0.2, 0) is 0 Å². The number of hydrogen-bond acceptors (Lipinski definition) is 1. The molecule has 1 nitrogen and oxygen atoms in total. The van der Waals surface area contributed by atoms with Crippen molar-refractivity contribution in [2.45, 2.75) is 0 Å². The third kappa shape index (κ3) is 2.02. The lowest BCUT2D eigenvalue weighted by molar-refractivity contribution is 0.432. The van der Waals surface area contributed by atoms with Crippen molar-refractivity contribution < 1.29 is 9.50 Å². The number of aromatic hydroxyl groups is 1. The van der Waals surface area contributed by atoms with Crippen molar-refractivity contribution in [2.75, 3.05) is 0 Å². The third-order valence-corrected chi connectivity index (χ3v) is 2.82. The molecule has 0 amide bonds. The standard InChI is InChI=1S/C12H8BrFO/c13-10-4-2-1-3-9(10)8-5-6-12(15)11(14)7-8/h1-7,15H. The van der Waals surface area contributed by atoms with Crippen LogP contribution in [0.5, 0.6) is 5.75 Å². The molecular formula is C12H8BrFO. The van der Waals surface area contributed by atoms with Crippen molar-refractivity contribution in [1.82, 2.24) is 0 Å². The van der Waals surface area contributed by atoms with Crippen LogP contribution >= 0.6 is 15.9 Å². The van der Waals surface area contributed by atoms with Crippen LogP contribution in [0.1, 0.15) is 0 Å². The molecule has 0 unspecified atom stereocenters. The number of phenols is 1. The Balaban J connectivity index is 2.55. The molecule has 0 heterocycles. The zero-order valence-electron chi connectivity index (χ0n) is 7.74. The lowest BCUT2D eigenvalue weighted by atomic mass is 10.1. The third-order valence-electron chi connectivity index (χ3n) is 2.13. The normalized spacial score (nSPS) is 10.3. The maximum absolute atomic E-state index is 13.1. The summed E-state index contributed by atoms with van der Waals surface area (Å²) in [6.45, 7) is 0. The monoisotopic (exact) mass is 266 g/mol. The van der Waals surface area contributed by atoms with Gasteiger partial charge in [-0.3, -0.25) is 0 Å². The molecular weight excluding hydrogens is 259 g/mol. The lowest BCUT2D eigenvalue weighted by Crippen LogP contribution is -1.82. The van der Waals surface area contributed by atoms with Crippen LogP contribution in [0.4, 0.5) is 4.39 Å². The number of benzene rings is 2. The predicted octanol–water partition coefficient (Wildman–Crippen LogP) is 3.96. The average molecular weight is 267 g/mol. The molecule has 76 valence electrons. The predicted molar refractivity (Wildman–Crippen MR) is 61.2 cm³/mol. The summed E-state index contributed by atoms with van der Waals surface area (Å²) in [6, 6.07) is 11.9. The van der Waals surface area contributed by atoms with Gasteiger partial charge in [-0.2, -0.15) is 0 Å². The summed E-state index contributed by atoms with van der Waals surface area (Å²) in [7, 11) is 0. The second-order valence-electron chi connectivity index (χ2n) is 3.15. The second kappa shape index (κ2) is 4.03. The highest BCUT2D eigenvalue weighted by atomic mass is 79.9. The second-order valence-corrected chi connectivity index (χ2v) is 4.00. The fraction of sp³-hybridized carbons (Fsp3) is 0. The average Bonchev–Trinajstić information content (AvgIpc) is 2.23. The summed E-state index contributed by atoms with van der Waals surface area (Å²) in [5, 5.41) is 9.07. The van der Waals surface area contributed by atoms with Crippen molar-refractivity contribution >= 4 is 15.9 Å². The highest BCUT2D eigenvalue weighted by Gasteiger charge is 2.05. The molecule has 2 aromatic carbocycles. The van der Waals surface area contributed by atoms with Crippen LogP contribution in [0.25, 0.3) is 11.1 Å². The van der Waals surface area contributed by atoms with Gasteiger partial charge in [-0.05, 0) is 29.3 Å². The molecule has 0 aliphatic rings. The van der Waals surface area contributed by atoms with Gasteiger partial charge in [0.2, 0.25) is 0 Å². The first-order chi connectivity index (χ1) is 7.18. The highest BCUT2D eigenvalue weighted by Crippen LogP contribution is 2.30. The summed E-state index contributed by atoms with van der Waals surface area (Å²) in [4.78, 5) is 0. The van der Waals surface area contributed by atoms with E-state index >= 15 is 0 Å². The topological polar surface area (TPSA) is 20.2 Å². The minimum Gasteiger partial charge on any atom is -0.505 e. The lowest BCUT2D eigenvalue weighted by Gasteiger charge is -2.05. The zero-order valence-corrected chi connectivity index (χ0v) is 9.33. The summed E-state index contributed by atoms with van der Waals surface area (Å²) in [5.41, 5.74) is 1.63. The molecule has 0 radical (unpaired) electrons. The Hall–Kier alpha value is -1.35. The van der Waals surface area contributed by atoms with Gasteiger partial charge in [0.1, 0.15) is 0 Å². The molecule has 0 spiro atoms. The number of rotatable bonds is 1. The van der Waals surface area contributed by atoms with Crippen molar-refractivity contribution in [3.63, 3.8) is 0 Å². The Morgan fingerprint density at radius 1 is 1.07 bits per heavy atom. The maximum Gasteiger partial charge on any atom is 0.165 e. The van der Waals surface area contributed by atoms with Crippen molar-refractivity contribution in [2.24, 2.45) is 0 Å². The first-order valence-corrected chi connectivity index (χ1v) is 5.21. The molecule has 0 atom stereocenters. The molecule has 3 heteroatoms. The van der Waals surface area contributed by atoms with Crippen LogP contribution in [0.3, 0.4) is 0 Å². The minimum atomic E-state index is -0.608. The van der Waals surface area contributed by atoms with E-state index in [2.05, 4.69) is 15.9 Å². The van der Waals surface area contributed by atoms with Gasteiger partial charge < -0.3 is 5.11 Å². The number of hydrogen-bond donors (Lipinski definition) is 1. The van der Waals surface area contributed by atoms with Crippen LogP contribution in [0.2, 0.25) is 0 Å². The van der Waals surface area contributed by atoms with Gasteiger partial charge in [-0.1, -0.05) is 40.2 Å². The molecule has 0 aliphatic carbocycles. The Morgan fingerprint density at radius 2 is 1.80 bits per heavy atom. The van der Waals surface area contributed by atoms with Crippen molar-refractivity contribution in [3.05, 3.63) is 52.8 Å². The van der Waals surface area contributed by atoms with E-state index in [-0.39, 0.29) is 5.75 Å². The van der Waals surface area contributed by atoms with Gasteiger partial charge in [-0.25, -0.2) is 4.39 Å². The summed E-state index contributed by atoms with van der Waals surface area (Å²) in [5.74, 6) is -0.936. The summed E-state index contributed by atoms with van der Waals surface area (Å²) in [6.07, 6.45) is 0. The highest BCUT2D eigenvalue weighted by molar-refractivity contribution is 9.10. The molecule has 0 fully saturated rings. The fourth-order valence-corrected chi connectivity index (χ4v) is 1.88. The molecule has 15 heavy (non-hydrogen) atoms. The molecule has 0 aliphatic heterocycles. The van der Waals surface area contributed by atoms with Gasteiger partial charge in [-0.15, -0.1) is 0 Å². The molecule has 2 rings (SSSR count). The largest absolute Gasteiger partial charge is 0.505 e. The molecule has 0 bridgehead atoms. The SMILES string of the molecule is Oc1ccc(-c2ccccc2Br)cc1F. The summed E-state index contributed by atoms with van der Waals surface area (Å²) >= 11 is 3.39. The van der Waals surface area contributed by atoms with Gasteiger partial charge in [0.25, 0.3) is 0 Å². The number of phenolic OH excluding ortho intramolecular Hbond substituents is 1. The van der Waals surface area contributed by atoms with Crippen LogP contribution in [-0.4, -0.2) is 5.11 Å². The van der Waals surface area contributed by atoms with E-state index in [0.29, 0.717) is 0 Å². The van der Waals surface area contributed by atoms with Gasteiger partial charge in [0, 0.05) is 4.47 Å².